The first kappa shape index (κ1) is 11.2. The van der Waals surface area contributed by atoms with Crippen LogP contribution in [-0.2, 0) is 5.67 Å². The summed E-state index contributed by atoms with van der Waals surface area (Å²) in [4.78, 5) is 0. The van der Waals surface area contributed by atoms with E-state index in [1.165, 1.54) is 24.8 Å². The molecule has 0 radical (unpaired) electrons. The lowest BCUT2D eigenvalue weighted by Crippen LogP contribution is -2.41. The number of piperidine rings is 1. The van der Waals surface area contributed by atoms with Gasteiger partial charge in [-0.05, 0) is 49.3 Å². The van der Waals surface area contributed by atoms with Gasteiger partial charge in [0.15, 0.2) is 0 Å². The predicted molar refractivity (Wildman–Crippen MR) is 67.9 cm³/mol. The Morgan fingerprint density at radius 1 is 1.18 bits per heavy atom. The largest absolute Gasteiger partial charge is 0.313 e. The highest BCUT2D eigenvalue weighted by Crippen LogP contribution is 2.43. The summed E-state index contributed by atoms with van der Waals surface area (Å²) in [7, 11) is 0. The highest BCUT2D eigenvalue weighted by atomic mass is 19.1. The van der Waals surface area contributed by atoms with Crippen LogP contribution in [0.2, 0.25) is 0 Å². The molecule has 2 aliphatic rings. The number of hydrogen-bond donors (Lipinski definition) is 1. The summed E-state index contributed by atoms with van der Waals surface area (Å²) < 4.78 is 15.0. The maximum atomic E-state index is 15.0. The molecule has 3 rings (SSSR count). The Balaban J connectivity index is 1.95. The molecular weight excluding hydrogens is 213 g/mol. The quantitative estimate of drug-likeness (QED) is 0.824. The van der Waals surface area contributed by atoms with Gasteiger partial charge in [0.2, 0.25) is 0 Å². The summed E-state index contributed by atoms with van der Waals surface area (Å²) in [5.41, 5.74) is 1.09. The number of rotatable bonds is 2. The monoisotopic (exact) mass is 233 g/mol. The van der Waals surface area contributed by atoms with E-state index in [1.807, 2.05) is 12.1 Å². The molecule has 0 spiro atoms. The van der Waals surface area contributed by atoms with Gasteiger partial charge in [-0.1, -0.05) is 30.7 Å². The summed E-state index contributed by atoms with van der Waals surface area (Å²) >= 11 is 0. The molecule has 2 heteroatoms. The van der Waals surface area contributed by atoms with E-state index in [4.69, 9.17) is 0 Å². The van der Waals surface area contributed by atoms with Crippen molar-refractivity contribution >= 4 is 0 Å². The lowest BCUT2D eigenvalue weighted by molar-refractivity contribution is 0.119. The summed E-state index contributed by atoms with van der Waals surface area (Å²) in [6.07, 6.45) is 5.39. The molecule has 0 bridgehead atoms. The van der Waals surface area contributed by atoms with Crippen molar-refractivity contribution in [1.82, 2.24) is 5.32 Å². The van der Waals surface area contributed by atoms with E-state index in [0.717, 1.165) is 18.5 Å². The number of benzene rings is 1. The second-order valence-corrected chi connectivity index (χ2v) is 5.46. The van der Waals surface area contributed by atoms with Crippen molar-refractivity contribution in [2.45, 2.75) is 43.7 Å². The molecule has 1 aromatic rings. The zero-order valence-corrected chi connectivity index (χ0v) is 10.2. The number of hydrogen-bond acceptors (Lipinski definition) is 1. The Bertz CT molecular complexity index is 392. The summed E-state index contributed by atoms with van der Waals surface area (Å²) in [6, 6.07) is 8.17. The minimum absolute atomic E-state index is 0.483. The molecule has 92 valence electrons. The van der Waals surface area contributed by atoms with Crippen molar-refractivity contribution in [2.24, 2.45) is 0 Å². The van der Waals surface area contributed by atoms with E-state index in [9.17, 15) is 0 Å². The summed E-state index contributed by atoms with van der Waals surface area (Å²) in [6.45, 7) is 1.44. The molecule has 1 heterocycles. The number of halogens is 1. The Hall–Kier alpha value is -0.890. The molecule has 1 aliphatic heterocycles. The maximum Gasteiger partial charge on any atom is 0.148 e. The van der Waals surface area contributed by atoms with Gasteiger partial charge in [-0.2, -0.15) is 0 Å². The van der Waals surface area contributed by atoms with Gasteiger partial charge in [-0.15, -0.1) is 0 Å². The minimum atomic E-state index is -1.13. The van der Waals surface area contributed by atoms with Crippen molar-refractivity contribution in [1.29, 1.82) is 0 Å². The average Bonchev–Trinajstić information content (AvgIpc) is 2.28. The molecule has 1 nitrogen and oxygen atoms in total. The Morgan fingerprint density at radius 2 is 2.00 bits per heavy atom. The predicted octanol–water partition coefficient (Wildman–Crippen LogP) is 3.50. The van der Waals surface area contributed by atoms with Crippen molar-refractivity contribution in [3.05, 3.63) is 35.4 Å². The first-order chi connectivity index (χ1) is 8.30. The van der Waals surface area contributed by atoms with Crippen LogP contribution in [0.15, 0.2) is 24.3 Å². The van der Waals surface area contributed by atoms with Gasteiger partial charge in [0.1, 0.15) is 5.67 Å². The molecule has 1 aliphatic carbocycles. The first-order valence-corrected chi connectivity index (χ1v) is 6.79. The summed E-state index contributed by atoms with van der Waals surface area (Å²) in [5, 5.41) is 3.20. The molecule has 1 saturated heterocycles. The van der Waals surface area contributed by atoms with Crippen molar-refractivity contribution in [3.8, 4) is 0 Å². The van der Waals surface area contributed by atoms with Crippen molar-refractivity contribution < 1.29 is 4.39 Å². The van der Waals surface area contributed by atoms with Crippen LogP contribution in [0, 0.1) is 0 Å². The highest BCUT2D eigenvalue weighted by molar-refractivity contribution is 5.37. The van der Waals surface area contributed by atoms with E-state index < -0.39 is 5.67 Å². The van der Waals surface area contributed by atoms with Crippen LogP contribution >= 0.6 is 0 Å². The standard InChI is InChI=1S/C15H20FN/c16-15(9-4-10-17-11-15)14-8-2-1-7-13(14)12-5-3-6-12/h1-2,7-8,12,17H,3-6,9-11H2. The molecular formula is C15H20FN. The van der Waals surface area contributed by atoms with Crippen molar-refractivity contribution in [2.75, 3.05) is 13.1 Å². The van der Waals surface area contributed by atoms with Crippen LogP contribution in [0.25, 0.3) is 0 Å². The second kappa shape index (κ2) is 4.41. The third-order valence-corrected chi connectivity index (χ3v) is 4.32. The lowest BCUT2D eigenvalue weighted by atomic mass is 9.74. The molecule has 17 heavy (non-hydrogen) atoms. The highest BCUT2D eigenvalue weighted by Gasteiger charge is 2.37. The van der Waals surface area contributed by atoms with Gasteiger partial charge in [-0.3, -0.25) is 0 Å². The fraction of sp³-hybridized carbons (Fsp3) is 0.600. The van der Waals surface area contributed by atoms with Crippen LogP contribution in [0.4, 0.5) is 4.39 Å². The van der Waals surface area contributed by atoms with Gasteiger partial charge >= 0.3 is 0 Å². The molecule has 1 atom stereocenters. The topological polar surface area (TPSA) is 12.0 Å². The Kier molecular flexibility index (Phi) is 2.91. The minimum Gasteiger partial charge on any atom is -0.313 e. The first-order valence-electron chi connectivity index (χ1n) is 6.79. The second-order valence-electron chi connectivity index (χ2n) is 5.46. The molecule has 0 amide bonds. The normalized spacial score (nSPS) is 29.9. The van der Waals surface area contributed by atoms with E-state index in [-0.39, 0.29) is 0 Å². The Morgan fingerprint density at radius 3 is 2.65 bits per heavy atom. The van der Waals surface area contributed by atoms with Crippen LogP contribution in [0.5, 0.6) is 0 Å². The number of nitrogens with one attached hydrogen (secondary N) is 1. The van der Waals surface area contributed by atoms with E-state index in [1.54, 1.807) is 0 Å². The van der Waals surface area contributed by atoms with Crippen molar-refractivity contribution in [3.63, 3.8) is 0 Å². The Labute approximate surface area is 102 Å². The fourth-order valence-electron chi connectivity index (χ4n) is 3.08. The third-order valence-electron chi connectivity index (χ3n) is 4.32. The van der Waals surface area contributed by atoms with Gasteiger partial charge in [0.25, 0.3) is 0 Å². The molecule has 2 fully saturated rings. The number of alkyl halides is 1. The SMILES string of the molecule is FC1(c2ccccc2C2CCC2)CCCNC1. The third kappa shape index (κ3) is 1.99. The summed E-state index contributed by atoms with van der Waals surface area (Å²) in [5.74, 6) is 0.612. The molecule has 1 unspecified atom stereocenters. The van der Waals surface area contributed by atoms with Gasteiger partial charge in [0, 0.05) is 6.54 Å². The molecule has 0 aromatic heterocycles. The smallest absolute Gasteiger partial charge is 0.148 e. The zero-order valence-electron chi connectivity index (χ0n) is 10.2. The average molecular weight is 233 g/mol. The molecule has 1 saturated carbocycles. The van der Waals surface area contributed by atoms with E-state index in [2.05, 4.69) is 17.4 Å². The van der Waals surface area contributed by atoms with Crippen LogP contribution in [0.3, 0.4) is 0 Å². The fourth-order valence-corrected chi connectivity index (χ4v) is 3.08. The lowest BCUT2D eigenvalue weighted by Gasteiger charge is -2.36. The van der Waals surface area contributed by atoms with E-state index >= 15 is 4.39 Å². The maximum absolute atomic E-state index is 15.0. The molecule has 1 N–H and O–H groups in total. The van der Waals surface area contributed by atoms with Crippen LogP contribution < -0.4 is 5.32 Å². The van der Waals surface area contributed by atoms with Crippen LogP contribution in [-0.4, -0.2) is 13.1 Å². The molecule has 1 aromatic carbocycles. The van der Waals surface area contributed by atoms with Gasteiger partial charge in [0.05, 0.1) is 0 Å². The zero-order chi connectivity index (χ0) is 11.7. The van der Waals surface area contributed by atoms with E-state index in [0.29, 0.717) is 18.9 Å². The van der Waals surface area contributed by atoms with Gasteiger partial charge in [-0.25, -0.2) is 4.39 Å². The van der Waals surface area contributed by atoms with Gasteiger partial charge < -0.3 is 5.32 Å². The van der Waals surface area contributed by atoms with Crippen LogP contribution in [0.1, 0.15) is 49.1 Å².